The second-order valence-corrected chi connectivity index (χ2v) is 8.21. The molecule has 6 nitrogen and oxygen atoms in total. The molecule has 1 aliphatic heterocycles. The van der Waals surface area contributed by atoms with Gasteiger partial charge in [-0.1, -0.05) is 29.8 Å². The average Bonchev–Trinajstić information content (AvgIpc) is 2.64. The summed E-state index contributed by atoms with van der Waals surface area (Å²) in [5.74, 6) is 0.863. The fourth-order valence-corrected chi connectivity index (χ4v) is 4.16. The van der Waals surface area contributed by atoms with Gasteiger partial charge in [-0.2, -0.15) is 4.31 Å². The van der Waals surface area contributed by atoms with Gasteiger partial charge in [0.15, 0.2) is 0 Å². The Kier molecular flexibility index (Phi) is 5.36. The molecule has 1 fully saturated rings. The number of hydrogen-bond donors (Lipinski definition) is 0. The molecule has 0 aliphatic carbocycles. The Balaban J connectivity index is 1.71. The monoisotopic (exact) mass is 362 g/mol. The first kappa shape index (κ1) is 17.8. The summed E-state index contributed by atoms with van der Waals surface area (Å²) in [7, 11) is -1.49. The number of benzene rings is 1. The van der Waals surface area contributed by atoms with Crippen LogP contribution in [0.1, 0.15) is 11.1 Å². The maximum atomic E-state index is 12.6. The number of rotatable bonds is 5. The topological polar surface area (TPSA) is 64.0 Å². The number of aromatic nitrogens is 1. The highest BCUT2D eigenvalue weighted by Crippen LogP contribution is 2.17. The number of sulfonamides is 1. The zero-order valence-corrected chi connectivity index (χ0v) is 15.4. The maximum absolute atomic E-state index is 12.6. The number of hydrogen-bond acceptors (Lipinski definition) is 4. The first-order valence-electron chi connectivity index (χ1n) is 8.33. The normalized spacial score (nSPS) is 15.9. The predicted molar refractivity (Wildman–Crippen MR) is 95.9 cm³/mol. The lowest BCUT2D eigenvalue weighted by Crippen LogP contribution is -2.41. The third-order valence-electron chi connectivity index (χ3n) is 4.33. The van der Waals surface area contributed by atoms with Gasteiger partial charge in [0.25, 0.3) is 5.82 Å². The number of anilines is 1. The lowest BCUT2D eigenvalue weighted by molar-refractivity contribution is -0.367. The quantitative estimate of drug-likeness (QED) is 0.808. The lowest BCUT2D eigenvalue weighted by atomic mass is 10.1. The number of nitrogens with one attached hydrogen (secondary N) is 1. The van der Waals surface area contributed by atoms with E-state index >= 15 is 0 Å². The van der Waals surface area contributed by atoms with E-state index in [0.29, 0.717) is 26.3 Å². The van der Waals surface area contributed by atoms with E-state index in [0.717, 1.165) is 12.4 Å². The van der Waals surface area contributed by atoms with Crippen LogP contribution in [0.4, 0.5) is 5.82 Å². The Hall–Kier alpha value is -1.96. The zero-order chi connectivity index (χ0) is 17.9. The summed E-state index contributed by atoms with van der Waals surface area (Å²) in [4.78, 5) is 5.43. The van der Waals surface area contributed by atoms with Crippen molar-refractivity contribution in [2.75, 3.05) is 38.3 Å². The van der Waals surface area contributed by atoms with Crippen molar-refractivity contribution < 1.29 is 18.1 Å². The summed E-state index contributed by atoms with van der Waals surface area (Å²) in [5.41, 5.74) is 2.43. The average molecular weight is 362 g/mol. The number of aryl methyl sites for hydroxylation is 1. The van der Waals surface area contributed by atoms with Gasteiger partial charge in [-0.15, -0.1) is 0 Å². The molecule has 0 radical (unpaired) electrons. The fourth-order valence-electron chi connectivity index (χ4n) is 2.79. The van der Waals surface area contributed by atoms with Crippen molar-refractivity contribution in [1.82, 2.24) is 4.31 Å². The highest BCUT2D eigenvalue weighted by molar-refractivity contribution is 7.89. The van der Waals surface area contributed by atoms with Crippen LogP contribution in [-0.2, 0) is 21.3 Å². The number of aromatic amines is 1. The number of H-pyrrole nitrogens is 1. The minimum atomic E-state index is -3.46. The third-order valence-corrected chi connectivity index (χ3v) is 6.22. The molecule has 25 heavy (non-hydrogen) atoms. The summed E-state index contributed by atoms with van der Waals surface area (Å²) >= 11 is 0. The fraction of sp³-hybridized carbons (Fsp3) is 0.389. The Morgan fingerprint density at radius 2 is 1.80 bits per heavy atom. The molecule has 1 saturated heterocycles. The van der Waals surface area contributed by atoms with Crippen molar-refractivity contribution in [2.24, 2.45) is 0 Å². The Labute approximate surface area is 149 Å². The van der Waals surface area contributed by atoms with E-state index in [2.05, 4.69) is 41.1 Å². The molecule has 0 saturated carbocycles. The lowest BCUT2D eigenvalue weighted by Gasteiger charge is -2.25. The molecule has 134 valence electrons. The van der Waals surface area contributed by atoms with E-state index < -0.39 is 10.0 Å². The minimum absolute atomic E-state index is 0.280. The van der Waals surface area contributed by atoms with Crippen LogP contribution in [0.3, 0.4) is 0 Å². The van der Waals surface area contributed by atoms with Crippen molar-refractivity contribution in [3.05, 3.63) is 53.7 Å². The predicted octanol–water partition coefficient (Wildman–Crippen LogP) is 1.47. The van der Waals surface area contributed by atoms with Crippen molar-refractivity contribution in [2.45, 2.75) is 18.4 Å². The van der Waals surface area contributed by atoms with Crippen molar-refractivity contribution >= 4 is 15.8 Å². The van der Waals surface area contributed by atoms with Gasteiger partial charge in [0.2, 0.25) is 10.0 Å². The third kappa shape index (κ3) is 4.18. The van der Waals surface area contributed by atoms with Crippen LogP contribution >= 0.6 is 0 Å². The molecule has 1 aromatic heterocycles. The summed E-state index contributed by atoms with van der Waals surface area (Å²) in [6.45, 7) is 4.50. The molecule has 0 unspecified atom stereocenters. The van der Waals surface area contributed by atoms with Crippen molar-refractivity contribution in [3.8, 4) is 0 Å². The van der Waals surface area contributed by atoms with Crippen LogP contribution in [0.15, 0.2) is 47.5 Å². The minimum Gasteiger partial charge on any atom is -0.379 e. The molecule has 1 N–H and O–H groups in total. The van der Waals surface area contributed by atoms with Crippen LogP contribution in [0.2, 0.25) is 0 Å². The standard InChI is InChI=1S/C18H23N3O3S/c1-15-3-5-16(6-4-15)14-20(2)18-8-7-17(13-19-18)25(22,23)21-9-11-24-12-10-21/h3-8,13H,9-12,14H2,1-2H3/p+1. The van der Waals surface area contributed by atoms with E-state index in [1.165, 1.54) is 15.4 Å². The first-order chi connectivity index (χ1) is 12.0. The van der Waals surface area contributed by atoms with Gasteiger partial charge in [0, 0.05) is 19.2 Å². The van der Waals surface area contributed by atoms with Crippen LogP contribution < -0.4 is 9.88 Å². The summed E-state index contributed by atoms with van der Waals surface area (Å²) in [6.07, 6.45) is 1.56. The maximum Gasteiger partial charge on any atom is 0.274 e. The Bertz CT molecular complexity index is 798. The van der Waals surface area contributed by atoms with Crippen LogP contribution in [0.25, 0.3) is 0 Å². The second-order valence-electron chi connectivity index (χ2n) is 6.27. The smallest absolute Gasteiger partial charge is 0.274 e. The van der Waals surface area contributed by atoms with Gasteiger partial charge in [0.05, 0.1) is 20.3 Å². The van der Waals surface area contributed by atoms with Gasteiger partial charge in [0.1, 0.15) is 17.6 Å². The van der Waals surface area contributed by atoms with Crippen LogP contribution in [0.5, 0.6) is 0 Å². The molecule has 0 amide bonds. The molecule has 0 atom stereocenters. The van der Waals surface area contributed by atoms with Crippen LogP contribution in [-0.4, -0.2) is 46.1 Å². The number of nitrogens with zero attached hydrogens (tertiary/aromatic N) is 2. The molecule has 1 aliphatic rings. The van der Waals surface area contributed by atoms with Gasteiger partial charge in [-0.25, -0.2) is 13.4 Å². The second kappa shape index (κ2) is 7.51. The molecular weight excluding hydrogens is 338 g/mol. The molecule has 2 heterocycles. The van der Waals surface area contributed by atoms with E-state index in [9.17, 15) is 8.42 Å². The van der Waals surface area contributed by atoms with Gasteiger partial charge < -0.3 is 4.74 Å². The number of pyridine rings is 1. The molecule has 0 spiro atoms. The van der Waals surface area contributed by atoms with Gasteiger partial charge in [-0.05, 0) is 18.6 Å². The molecule has 0 bridgehead atoms. The first-order valence-corrected chi connectivity index (χ1v) is 9.77. The largest absolute Gasteiger partial charge is 0.379 e. The summed E-state index contributed by atoms with van der Waals surface area (Å²) in [5, 5.41) is 0. The Morgan fingerprint density at radius 1 is 1.12 bits per heavy atom. The van der Waals surface area contributed by atoms with Crippen LogP contribution in [0, 0.1) is 6.92 Å². The van der Waals surface area contributed by atoms with Crippen molar-refractivity contribution in [1.29, 1.82) is 0 Å². The van der Waals surface area contributed by atoms with Gasteiger partial charge in [-0.3, -0.25) is 4.90 Å². The van der Waals surface area contributed by atoms with E-state index in [4.69, 9.17) is 4.74 Å². The highest BCUT2D eigenvalue weighted by Gasteiger charge is 2.27. The SMILES string of the molecule is Cc1ccc(CN(C)c2ccc(S(=O)(=O)N3CCOCC3)c[nH+]2)cc1. The van der Waals surface area contributed by atoms with E-state index in [-0.39, 0.29) is 4.90 Å². The highest BCUT2D eigenvalue weighted by atomic mass is 32.2. The number of ether oxygens (including phenoxy) is 1. The zero-order valence-electron chi connectivity index (χ0n) is 14.6. The summed E-state index contributed by atoms with van der Waals surface area (Å²) in [6, 6.07) is 11.8. The molecule has 3 rings (SSSR count). The molecule has 1 aromatic carbocycles. The molecular formula is C18H24N3O3S+. The van der Waals surface area contributed by atoms with Gasteiger partial charge >= 0.3 is 0 Å². The van der Waals surface area contributed by atoms with E-state index in [1.54, 1.807) is 12.3 Å². The number of morpholine rings is 1. The van der Waals surface area contributed by atoms with E-state index in [1.807, 2.05) is 13.1 Å². The van der Waals surface area contributed by atoms with Crippen molar-refractivity contribution in [3.63, 3.8) is 0 Å². The molecule has 7 heteroatoms. The summed E-state index contributed by atoms with van der Waals surface area (Å²) < 4.78 is 31.9. The molecule has 2 aromatic rings. The Morgan fingerprint density at radius 3 is 2.40 bits per heavy atom.